The number of rotatable bonds is 4. The Kier molecular flexibility index (Phi) is 4.43. The van der Waals surface area contributed by atoms with E-state index in [1.54, 1.807) is 0 Å². The molecule has 1 atom stereocenters. The van der Waals surface area contributed by atoms with Crippen LogP contribution in [-0.4, -0.2) is 32.1 Å². The fourth-order valence-electron chi connectivity index (χ4n) is 2.18. The highest BCUT2D eigenvalue weighted by atomic mass is 15.0. The van der Waals surface area contributed by atoms with Crippen LogP contribution in [0.1, 0.15) is 24.5 Å². The van der Waals surface area contributed by atoms with Gasteiger partial charge in [0, 0.05) is 18.8 Å². The Morgan fingerprint density at radius 2 is 1.94 bits per heavy atom. The van der Waals surface area contributed by atoms with Crippen LogP contribution in [0.2, 0.25) is 0 Å². The summed E-state index contributed by atoms with van der Waals surface area (Å²) in [5.74, 6) is 0.758. The molecule has 98 valence electrons. The van der Waals surface area contributed by atoms with E-state index in [4.69, 9.17) is 0 Å². The molecule has 1 heterocycles. The Morgan fingerprint density at radius 1 is 1.22 bits per heavy atom. The minimum atomic E-state index is 0.758. The van der Waals surface area contributed by atoms with Gasteiger partial charge in [0.1, 0.15) is 0 Å². The predicted octanol–water partition coefficient (Wildman–Crippen LogP) is 2.76. The number of hydrogen-bond acceptors (Lipinski definition) is 2. The van der Waals surface area contributed by atoms with E-state index in [1.165, 1.54) is 23.2 Å². The average Bonchev–Trinajstić information content (AvgIpc) is 2.38. The average molecular weight is 244 g/mol. The van der Waals surface area contributed by atoms with E-state index in [2.05, 4.69) is 61.6 Å². The third-order valence-corrected chi connectivity index (χ3v) is 3.48. The third-order valence-electron chi connectivity index (χ3n) is 3.48. The zero-order valence-corrected chi connectivity index (χ0v) is 11.7. The molecule has 0 saturated heterocycles. The molecule has 0 spiro atoms. The summed E-state index contributed by atoms with van der Waals surface area (Å²) in [6, 6.07) is 8.97. The Balaban J connectivity index is 1.99. The van der Waals surface area contributed by atoms with E-state index >= 15 is 0 Å². The van der Waals surface area contributed by atoms with Crippen LogP contribution in [0.4, 0.5) is 0 Å². The van der Waals surface area contributed by atoms with Crippen molar-refractivity contribution in [1.29, 1.82) is 0 Å². The first-order valence-corrected chi connectivity index (χ1v) is 6.83. The first-order valence-electron chi connectivity index (χ1n) is 6.83. The van der Waals surface area contributed by atoms with Crippen molar-refractivity contribution in [2.75, 3.05) is 27.2 Å². The highest BCUT2D eigenvalue weighted by molar-refractivity contribution is 5.64. The van der Waals surface area contributed by atoms with Gasteiger partial charge in [0.15, 0.2) is 0 Å². The Morgan fingerprint density at radius 3 is 2.50 bits per heavy atom. The summed E-state index contributed by atoms with van der Waals surface area (Å²) < 4.78 is 0. The summed E-state index contributed by atoms with van der Waals surface area (Å²) in [5, 5.41) is 3.51. The lowest BCUT2D eigenvalue weighted by Crippen LogP contribution is -2.23. The molecule has 1 aromatic rings. The molecule has 0 unspecified atom stereocenters. The zero-order valence-electron chi connectivity index (χ0n) is 11.7. The first kappa shape index (κ1) is 13.2. The second-order valence-corrected chi connectivity index (χ2v) is 5.59. The van der Waals surface area contributed by atoms with Crippen LogP contribution in [0, 0.1) is 5.92 Å². The van der Waals surface area contributed by atoms with Crippen LogP contribution in [0.3, 0.4) is 0 Å². The molecule has 0 saturated carbocycles. The molecule has 2 heteroatoms. The molecule has 0 bridgehead atoms. The largest absolute Gasteiger partial charge is 0.385 e. The topological polar surface area (TPSA) is 15.3 Å². The monoisotopic (exact) mass is 244 g/mol. The van der Waals surface area contributed by atoms with Crippen molar-refractivity contribution >= 4 is 5.70 Å². The van der Waals surface area contributed by atoms with Crippen LogP contribution in [0.5, 0.6) is 0 Å². The maximum atomic E-state index is 3.51. The zero-order chi connectivity index (χ0) is 13.0. The van der Waals surface area contributed by atoms with Crippen molar-refractivity contribution in [2.45, 2.75) is 19.8 Å². The lowest BCUT2D eigenvalue weighted by molar-refractivity contribution is 0.413. The van der Waals surface area contributed by atoms with Crippen molar-refractivity contribution in [3.63, 3.8) is 0 Å². The first-order chi connectivity index (χ1) is 8.65. The Labute approximate surface area is 111 Å². The molecular weight excluding hydrogens is 220 g/mol. The number of nitrogens with one attached hydrogen (secondary N) is 1. The van der Waals surface area contributed by atoms with Gasteiger partial charge in [-0.2, -0.15) is 0 Å². The van der Waals surface area contributed by atoms with E-state index in [9.17, 15) is 0 Å². The van der Waals surface area contributed by atoms with Crippen LogP contribution in [0.15, 0.2) is 30.3 Å². The third kappa shape index (κ3) is 3.61. The summed E-state index contributed by atoms with van der Waals surface area (Å²) in [6.45, 7) is 4.48. The standard InChI is InChI=1S/C16H24N2/c1-13-4-9-16(17-12-13)15-7-5-14(6-8-15)10-11-18(2)3/h5-9,13,17H,4,10-12H2,1-3H3/t13-/m0/s1. The molecule has 2 nitrogen and oxygen atoms in total. The van der Waals surface area contributed by atoms with Crippen molar-refractivity contribution < 1.29 is 0 Å². The molecule has 0 amide bonds. The fourth-order valence-corrected chi connectivity index (χ4v) is 2.18. The molecule has 0 radical (unpaired) electrons. The second-order valence-electron chi connectivity index (χ2n) is 5.59. The second kappa shape index (κ2) is 6.05. The fraction of sp³-hybridized carbons (Fsp3) is 0.500. The molecule has 18 heavy (non-hydrogen) atoms. The molecule has 0 fully saturated rings. The minimum absolute atomic E-state index is 0.758. The van der Waals surface area contributed by atoms with Gasteiger partial charge in [-0.1, -0.05) is 37.3 Å². The van der Waals surface area contributed by atoms with Crippen molar-refractivity contribution in [3.8, 4) is 0 Å². The molecule has 0 aliphatic carbocycles. The number of likely N-dealkylation sites (N-methyl/N-ethyl adjacent to an activating group) is 1. The van der Waals surface area contributed by atoms with E-state index in [-0.39, 0.29) is 0 Å². The van der Waals surface area contributed by atoms with E-state index < -0.39 is 0 Å². The summed E-state index contributed by atoms with van der Waals surface area (Å²) >= 11 is 0. The summed E-state index contributed by atoms with van der Waals surface area (Å²) in [6.07, 6.45) is 4.63. The van der Waals surface area contributed by atoms with Gasteiger partial charge in [-0.15, -0.1) is 0 Å². The van der Waals surface area contributed by atoms with E-state index in [0.717, 1.165) is 25.4 Å². The van der Waals surface area contributed by atoms with Gasteiger partial charge in [-0.05, 0) is 44.0 Å². The van der Waals surface area contributed by atoms with Gasteiger partial charge in [-0.25, -0.2) is 0 Å². The van der Waals surface area contributed by atoms with Crippen molar-refractivity contribution in [3.05, 3.63) is 41.5 Å². The van der Waals surface area contributed by atoms with Gasteiger partial charge in [0.05, 0.1) is 0 Å². The van der Waals surface area contributed by atoms with Crippen LogP contribution < -0.4 is 5.32 Å². The van der Waals surface area contributed by atoms with Crippen LogP contribution in [0.25, 0.3) is 5.70 Å². The number of benzene rings is 1. The maximum absolute atomic E-state index is 3.51. The minimum Gasteiger partial charge on any atom is -0.385 e. The number of allylic oxidation sites excluding steroid dienone is 1. The van der Waals surface area contributed by atoms with Crippen LogP contribution >= 0.6 is 0 Å². The normalized spacial score (nSPS) is 19.6. The maximum Gasteiger partial charge on any atom is 0.0373 e. The smallest absolute Gasteiger partial charge is 0.0373 e. The lowest BCUT2D eigenvalue weighted by atomic mass is 9.99. The van der Waals surface area contributed by atoms with E-state index in [1.807, 2.05) is 0 Å². The highest BCUT2D eigenvalue weighted by Crippen LogP contribution is 2.19. The molecule has 1 aliphatic rings. The van der Waals surface area contributed by atoms with E-state index in [0.29, 0.717) is 0 Å². The molecular formula is C16H24N2. The van der Waals surface area contributed by atoms with Gasteiger partial charge in [0.25, 0.3) is 0 Å². The lowest BCUT2D eigenvalue weighted by Gasteiger charge is -2.21. The molecule has 1 aromatic carbocycles. The molecule has 0 aromatic heterocycles. The van der Waals surface area contributed by atoms with Crippen molar-refractivity contribution in [2.24, 2.45) is 5.92 Å². The summed E-state index contributed by atoms with van der Waals surface area (Å²) in [5.41, 5.74) is 4.03. The van der Waals surface area contributed by atoms with Crippen LogP contribution in [-0.2, 0) is 6.42 Å². The molecule has 1 aliphatic heterocycles. The quantitative estimate of drug-likeness (QED) is 0.876. The van der Waals surface area contributed by atoms with Gasteiger partial charge in [-0.3, -0.25) is 0 Å². The number of hydrogen-bond donors (Lipinski definition) is 1. The highest BCUT2D eigenvalue weighted by Gasteiger charge is 2.10. The SMILES string of the molecule is C[C@H]1CC=C(c2ccc(CCN(C)C)cc2)NC1. The predicted molar refractivity (Wildman–Crippen MR) is 78.5 cm³/mol. The van der Waals surface area contributed by atoms with Gasteiger partial charge in [0.2, 0.25) is 0 Å². The summed E-state index contributed by atoms with van der Waals surface area (Å²) in [4.78, 5) is 2.22. The Hall–Kier alpha value is -1.28. The Bertz CT molecular complexity index is 404. The molecule has 1 N–H and O–H groups in total. The van der Waals surface area contributed by atoms with Gasteiger partial charge < -0.3 is 10.2 Å². The molecule has 2 rings (SSSR count). The van der Waals surface area contributed by atoms with Gasteiger partial charge >= 0.3 is 0 Å². The van der Waals surface area contributed by atoms with Crippen molar-refractivity contribution in [1.82, 2.24) is 10.2 Å². The summed E-state index contributed by atoms with van der Waals surface area (Å²) in [7, 11) is 4.23. The number of nitrogens with zero attached hydrogens (tertiary/aromatic N) is 1.